The minimum atomic E-state index is 0.394. The number of fused-ring (bicyclic) bond motifs is 1. The predicted molar refractivity (Wildman–Crippen MR) is 53.7 cm³/mol. The molecule has 0 spiro atoms. The van der Waals surface area contributed by atoms with Crippen LogP contribution >= 0.6 is 11.3 Å². The molecule has 0 aliphatic rings. The summed E-state index contributed by atoms with van der Waals surface area (Å²) in [4.78, 5) is 5.63. The molecule has 0 saturated heterocycles. The first-order valence-electron chi connectivity index (χ1n) is 4.02. The van der Waals surface area contributed by atoms with Gasteiger partial charge in [-0.2, -0.15) is 5.26 Å². The van der Waals surface area contributed by atoms with E-state index in [9.17, 15) is 0 Å². The molecule has 0 N–H and O–H groups in total. The van der Waals surface area contributed by atoms with Crippen LogP contribution in [0.25, 0.3) is 10.2 Å². The minimum Gasteiger partial charge on any atom is -0.251 e. The van der Waals surface area contributed by atoms with Crippen LogP contribution in [0.2, 0.25) is 0 Å². The Labute approximate surface area is 80.5 Å². The summed E-state index contributed by atoms with van der Waals surface area (Å²) >= 11 is 1.73. The van der Waals surface area contributed by atoms with Crippen molar-refractivity contribution in [3.8, 4) is 6.07 Å². The number of nitrogens with zero attached hydrogens (tertiary/aromatic N) is 2. The number of nitriles is 1. The highest BCUT2D eigenvalue weighted by molar-refractivity contribution is 7.18. The van der Waals surface area contributed by atoms with Crippen LogP contribution in [-0.4, -0.2) is 4.98 Å². The summed E-state index contributed by atoms with van der Waals surface area (Å²) in [5.74, 6) is 0. The first kappa shape index (κ1) is 8.21. The van der Waals surface area contributed by atoms with Crippen molar-refractivity contribution in [2.24, 2.45) is 0 Å². The molecule has 0 aromatic carbocycles. The van der Waals surface area contributed by atoms with E-state index in [-0.39, 0.29) is 0 Å². The van der Waals surface area contributed by atoms with Gasteiger partial charge in [-0.25, -0.2) is 0 Å². The van der Waals surface area contributed by atoms with Gasteiger partial charge in [-0.05, 0) is 25.1 Å². The van der Waals surface area contributed by atoms with Crippen molar-refractivity contribution in [2.45, 2.75) is 13.3 Å². The van der Waals surface area contributed by atoms with Gasteiger partial charge in [0, 0.05) is 4.88 Å². The molecule has 0 amide bonds. The Hall–Kier alpha value is -1.40. The molecule has 0 unspecified atom stereocenters. The van der Waals surface area contributed by atoms with Crippen molar-refractivity contribution in [3.63, 3.8) is 0 Å². The lowest BCUT2D eigenvalue weighted by Crippen LogP contribution is -1.85. The van der Waals surface area contributed by atoms with E-state index in [2.05, 4.69) is 24.0 Å². The standard InChI is InChI=1S/C10H8N2S/c1-7-6-9-10(13-7)3-2-8(12-9)4-5-11/h2-3,6H,4H2,1H3. The summed E-state index contributed by atoms with van der Waals surface area (Å²) in [6.45, 7) is 2.07. The summed E-state index contributed by atoms with van der Waals surface area (Å²) in [7, 11) is 0. The number of hydrogen-bond donors (Lipinski definition) is 0. The fraction of sp³-hybridized carbons (Fsp3) is 0.200. The lowest BCUT2D eigenvalue weighted by molar-refractivity contribution is 1.15. The maximum atomic E-state index is 8.51. The van der Waals surface area contributed by atoms with Crippen LogP contribution in [0.4, 0.5) is 0 Å². The smallest absolute Gasteiger partial charge is 0.0816 e. The quantitative estimate of drug-likeness (QED) is 0.689. The maximum Gasteiger partial charge on any atom is 0.0816 e. The molecule has 0 bridgehead atoms. The molecular weight excluding hydrogens is 180 g/mol. The van der Waals surface area contributed by atoms with Gasteiger partial charge in [-0.1, -0.05) is 0 Å². The monoisotopic (exact) mass is 188 g/mol. The Balaban J connectivity index is 2.56. The van der Waals surface area contributed by atoms with Gasteiger partial charge in [0.25, 0.3) is 0 Å². The first-order chi connectivity index (χ1) is 6.29. The molecule has 2 aromatic heterocycles. The second kappa shape index (κ2) is 3.15. The van der Waals surface area contributed by atoms with Crippen LogP contribution in [0, 0.1) is 18.3 Å². The number of thiophene rings is 1. The second-order valence-electron chi connectivity index (χ2n) is 2.88. The Morgan fingerprint density at radius 1 is 1.54 bits per heavy atom. The number of hydrogen-bond acceptors (Lipinski definition) is 3. The van der Waals surface area contributed by atoms with Gasteiger partial charge in [0.2, 0.25) is 0 Å². The van der Waals surface area contributed by atoms with Gasteiger partial charge in [-0.3, -0.25) is 4.98 Å². The van der Waals surface area contributed by atoms with Gasteiger partial charge in [0.1, 0.15) is 0 Å². The number of pyridine rings is 1. The van der Waals surface area contributed by atoms with Crippen molar-refractivity contribution in [1.29, 1.82) is 5.26 Å². The molecule has 13 heavy (non-hydrogen) atoms. The van der Waals surface area contributed by atoms with E-state index in [0.717, 1.165) is 11.2 Å². The first-order valence-corrected chi connectivity index (χ1v) is 4.84. The van der Waals surface area contributed by atoms with E-state index >= 15 is 0 Å². The summed E-state index contributed by atoms with van der Waals surface area (Å²) in [5.41, 5.74) is 1.86. The molecule has 0 fully saturated rings. The normalized spacial score (nSPS) is 10.2. The minimum absolute atomic E-state index is 0.394. The average Bonchev–Trinajstić information content (AvgIpc) is 2.44. The van der Waals surface area contributed by atoms with E-state index in [1.165, 1.54) is 9.58 Å². The SMILES string of the molecule is Cc1cc2nc(CC#N)ccc2s1. The fourth-order valence-corrected chi connectivity index (χ4v) is 2.13. The molecule has 3 heteroatoms. The second-order valence-corrected chi connectivity index (χ2v) is 4.17. The van der Waals surface area contributed by atoms with Crippen molar-refractivity contribution >= 4 is 21.6 Å². The predicted octanol–water partition coefficient (Wildman–Crippen LogP) is 2.67. The van der Waals surface area contributed by atoms with Crippen LogP contribution in [0.5, 0.6) is 0 Å². The molecule has 2 nitrogen and oxygen atoms in total. The molecule has 0 atom stereocenters. The van der Waals surface area contributed by atoms with Gasteiger partial charge in [-0.15, -0.1) is 11.3 Å². The van der Waals surface area contributed by atoms with Gasteiger partial charge < -0.3 is 0 Å². The summed E-state index contributed by atoms with van der Waals surface area (Å²) in [6.07, 6.45) is 0.394. The molecule has 2 rings (SSSR count). The highest BCUT2D eigenvalue weighted by Gasteiger charge is 2.00. The Bertz CT molecular complexity index is 479. The summed E-state index contributed by atoms with van der Waals surface area (Å²) in [6, 6.07) is 8.11. The van der Waals surface area contributed by atoms with Crippen LogP contribution in [0.15, 0.2) is 18.2 Å². The van der Waals surface area contributed by atoms with E-state index in [1.807, 2.05) is 12.1 Å². The molecule has 0 aliphatic carbocycles. The van der Waals surface area contributed by atoms with E-state index < -0.39 is 0 Å². The third kappa shape index (κ3) is 1.53. The third-order valence-corrected chi connectivity index (χ3v) is 2.82. The van der Waals surface area contributed by atoms with E-state index in [1.54, 1.807) is 11.3 Å². The van der Waals surface area contributed by atoms with E-state index in [4.69, 9.17) is 5.26 Å². The highest BCUT2D eigenvalue weighted by Crippen LogP contribution is 2.23. The number of rotatable bonds is 1. The highest BCUT2D eigenvalue weighted by atomic mass is 32.1. The summed E-state index contributed by atoms with van der Waals surface area (Å²) < 4.78 is 1.19. The average molecular weight is 188 g/mol. The molecule has 0 aliphatic heterocycles. The van der Waals surface area contributed by atoms with Gasteiger partial charge >= 0.3 is 0 Å². The molecule has 0 saturated carbocycles. The number of aromatic nitrogens is 1. The fourth-order valence-electron chi connectivity index (χ4n) is 1.27. The maximum absolute atomic E-state index is 8.51. The lowest BCUT2D eigenvalue weighted by atomic mass is 10.3. The third-order valence-electron chi connectivity index (χ3n) is 1.81. The Morgan fingerprint density at radius 2 is 2.38 bits per heavy atom. The van der Waals surface area contributed by atoms with Crippen LogP contribution in [0.1, 0.15) is 10.6 Å². The number of aryl methyl sites for hydroxylation is 1. The van der Waals surface area contributed by atoms with E-state index in [0.29, 0.717) is 6.42 Å². The van der Waals surface area contributed by atoms with Crippen molar-refractivity contribution in [2.75, 3.05) is 0 Å². The zero-order valence-electron chi connectivity index (χ0n) is 7.24. The molecule has 0 radical (unpaired) electrons. The van der Waals surface area contributed by atoms with Gasteiger partial charge in [0.15, 0.2) is 0 Å². The molecule has 2 heterocycles. The van der Waals surface area contributed by atoms with Crippen LogP contribution in [0.3, 0.4) is 0 Å². The molecule has 2 aromatic rings. The Kier molecular flexibility index (Phi) is 1.99. The van der Waals surface area contributed by atoms with Crippen LogP contribution in [-0.2, 0) is 6.42 Å². The van der Waals surface area contributed by atoms with Crippen molar-refractivity contribution < 1.29 is 0 Å². The van der Waals surface area contributed by atoms with Crippen molar-refractivity contribution in [3.05, 3.63) is 28.8 Å². The molecular formula is C10H8N2S. The summed E-state index contributed by atoms with van der Waals surface area (Å²) in [5, 5.41) is 8.51. The van der Waals surface area contributed by atoms with Gasteiger partial charge in [0.05, 0.1) is 28.4 Å². The molecule has 64 valence electrons. The lowest BCUT2D eigenvalue weighted by Gasteiger charge is -1.92. The van der Waals surface area contributed by atoms with Crippen molar-refractivity contribution in [1.82, 2.24) is 4.98 Å². The topological polar surface area (TPSA) is 36.7 Å². The zero-order valence-corrected chi connectivity index (χ0v) is 8.06. The Morgan fingerprint density at radius 3 is 3.15 bits per heavy atom. The largest absolute Gasteiger partial charge is 0.251 e. The zero-order chi connectivity index (χ0) is 9.26. The van der Waals surface area contributed by atoms with Crippen LogP contribution < -0.4 is 0 Å².